The van der Waals surface area contributed by atoms with E-state index in [1.165, 1.54) is 25.3 Å². The zero-order valence-electron chi connectivity index (χ0n) is 11.6. The lowest BCUT2D eigenvalue weighted by Crippen LogP contribution is -2.32. The first kappa shape index (κ1) is 13.2. The van der Waals surface area contributed by atoms with Gasteiger partial charge in [0.15, 0.2) is 0 Å². The van der Waals surface area contributed by atoms with Gasteiger partial charge in [-0.3, -0.25) is 4.79 Å². The van der Waals surface area contributed by atoms with Crippen LogP contribution in [-0.2, 0) is 4.79 Å². The van der Waals surface area contributed by atoms with Crippen molar-refractivity contribution in [3.05, 3.63) is 29.8 Å². The average molecular weight is 292 g/mol. The first-order valence-corrected chi connectivity index (χ1v) is 7.62. The van der Waals surface area contributed by atoms with Crippen LogP contribution in [0.4, 0.5) is 14.5 Å². The van der Waals surface area contributed by atoms with E-state index in [2.05, 4.69) is 10.6 Å². The summed E-state index contributed by atoms with van der Waals surface area (Å²) < 4.78 is 26.9. The normalized spacial score (nSPS) is 35.6. The van der Waals surface area contributed by atoms with Gasteiger partial charge < -0.3 is 10.6 Å². The Hall–Kier alpha value is -1.49. The lowest BCUT2D eigenvalue weighted by Gasteiger charge is -2.11. The minimum absolute atomic E-state index is 0.116. The zero-order valence-corrected chi connectivity index (χ0v) is 11.6. The zero-order chi connectivity index (χ0) is 14.6. The van der Waals surface area contributed by atoms with Crippen LogP contribution < -0.4 is 10.6 Å². The van der Waals surface area contributed by atoms with E-state index in [0.29, 0.717) is 6.04 Å². The Bertz CT molecular complexity index is 555. The Morgan fingerprint density at radius 3 is 2.38 bits per heavy atom. The molecule has 0 aromatic heterocycles. The molecule has 0 radical (unpaired) electrons. The second-order valence-electron chi connectivity index (χ2n) is 6.54. The highest BCUT2D eigenvalue weighted by atomic mass is 19.1. The van der Waals surface area contributed by atoms with Crippen LogP contribution in [0, 0.1) is 35.3 Å². The van der Waals surface area contributed by atoms with Crippen LogP contribution in [0.25, 0.3) is 0 Å². The van der Waals surface area contributed by atoms with E-state index in [-0.39, 0.29) is 12.2 Å². The number of hydrogen-bond acceptors (Lipinski definition) is 2. The summed E-state index contributed by atoms with van der Waals surface area (Å²) in [5, 5.41) is 5.58. The van der Waals surface area contributed by atoms with Gasteiger partial charge in [-0.1, -0.05) is 6.07 Å². The minimum atomic E-state index is -0.746. The molecule has 3 fully saturated rings. The highest BCUT2D eigenvalue weighted by molar-refractivity contribution is 5.92. The van der Waals surface area contributed by atoms with Crippen molar-refractivity contribution < 1.29 is 13.6 Å². The third-order valence-corrected chi connectivity index (χ3v) is 5.46. The summed E-state index contributed by atoms with van der Waals surface area (Å²) >= 11 is 0. The first-order chi connectivity index (χ1) is 10.1. The number of anilines is 1. The van der Waals surface area contributed by atoms with Crippen LogP contribution in [0.1, 0.15) is 19.3 Å². The molecule has 0 saturated heterocycles. The van der Waals surface area contributed by atoms with E-state index < -0.39 is 17.5 Å². The van der Waals surface area contributed by atoms with Crippen LogP contribution in [0.15, 0.2) is 18.2 Å². The molecule has 2 N–H and O–H groups in total. The van der Waals surface area contributed by atoms with Crippen molar-refractivity contribution in [3.63, 3.8) is 0 Å². The molecule has 1 aromatic carbocycles. The third-order valence-electron chi connectivity index (χ3n) is 5.46. The van der Waals surface area contributed by atoms with Gasteiger partial charge in [0.1, 0.15) is 17.3 Å². The van der Waals surface area contributed by atoms with E-state index >= 15 is 0 Å². The summed E-state index contributed by atoms with van der Waals surface area (Å²) in [5.74, 6) is 1.27. The topological polar surface area (TPSA) is 41.1 Å². The Morgan fingerprint density at radius 2 is 1.76 bits per heavy atom. The van der Waals surface area contributed by atoms with Crippen LogP contribution in [0.3, 0.4) is 0 Å². The molecule has 3 aliphatic carbocycles. The molecule has 0 aliphatic heterocycles. The van der Waals surface area contributed by atoms with Crippen molar-refractivity contribution in [1.29, 1.82) is 0 Å². The maximum absolute atomic E-state index is 13.4. The van der Waals surface area contributed by atoms with Crippen molar-refractivity contribution in [2.45, 2.75) is 25.3 Å². The van der Waals surface area contributed by atoms with Gasteiger partial charge in [0.25, 0.3) is 0 Å². The predicted molar refractivity (Wildman–Crippen MR) is 74.6 cm³/mol. The van der Waals surface area contributed by atoms with Crippen molar-refractivity contribution in [3.8, 4) is 0 Å². The Balaban J connectivity index is 1.31. The smallest absolute Gasteiger partial charge is 0.238 e. The molecule has 2 bridgehead atoms. The van der Waals surface area contributed by atoms with Gasteiger partial charge in [-0.15, -0.1) is 0 Å². The van der Waals surface area contributed by atoms with Gasteiger partial charge >= 0.3 is 0 Å². The molecular formula is C16H18F2N2O. The third kappa shape index (κ3) is 2.14. The number of carbonyl (C=O) groups is 1. The molecule has 112 valence electrons. The molecule has 5 heteroatoms. The lowest BCUT2D eigenvalue weighted by molar-refractivity contribution is -0.115. The highest BCUT2D eigenvalue weighted by Crippen LogP contribution is 2.65. The fourth-order valence-electron chi connectivity index (χ4n) is 4.61. The molecule has 1 aromatic rings. The van der Waals surface area contributed by atoms with Crippen molar-refractivity contribution in [1.82, 2.24) is 5.32 Å². The Labute approximate surface area is 122 Å². The summed E-state index contributed by atoms with van der Waals surface area (Å²) in [7, 11) is 0. The summed E-state index contributed by atoms with van der Waals surface area (Å²) in [6.45, 7) is 0.116. The van der Waals surface area contributed by atoms with Crippen molar-refractivity contribution >= 4 is 11.6 Å². The van der Waals surface area contributed by atoms with E-state index in [1.807, 2.05) is 0 Å². The molecule has 4 rings (SSSR count). The summed E-state index contributed by atoms with van der Waals surface area (Å²) in [4.78, 5) is 11.8. The standard InChI is InChI=1S/C16H18F2N2O/c17-10-2-1-3-11(18)15(10)20-12(21)7-19-16-13-8-4-5-9(6-8)14(13)16/h1-3,8-9,13-14,16,19H,4-7H2,(H,20,21). The SMILES string of the molecule is O=C(CNC1C2C3CCC(C3)C12)Nc1c(F)cccc1F. The van der Waals surface area contributed by atoms with E-state index in [9.17, 15) is 13.6 Å². The van der Waals surface area contributed by atoms with Gasteiger partial charge in [-0.05, 0) is 55.1 Å². The van der Waals surface area contributed by atoms with Crippen LogP contribution in [0.2, 0.25) is 0 Å². The highest BCUT2D eigenvalue weighted by Gasteiger charge is 2.64. The maximum atomic E-state index is 13.4. The summed E-state index contributed by atoms with van der Waals surface area (Å²) in [5.41, 5.74) is -0.361. The molecule has 3 nitrogen and oxygen atoms in total. The maximum Gasteiger partial charge on any atom is 0.238 e. The number of amides is 1. The van der Waals surface area contributed by atoms with Crippen LogP contribution >= 0.6 is 0 Å². The number of benzene rings is 1. The number of para-hydroxylation sites is 1. The molecule has 0 spiro atoms. The van der Waals surface area contributed by atoms with Gasteiger partial charge in [-0.25, -0.2) is 8.78 Å². The average Bonchev–Trinajstić information content (AvgIpc) is 2.84. The quantitative estimate of drug-likeness (QED) is 0.895. The number of halogens is 2. The monoisotopic (exact) mass is 292 g/mol. The molecule has 1 amide bonds. The number of fused-ring (bicyclic) bond motifs is 5. The predicted octanol–water partition coefficient (Wildman–Crippen LogP) is 2.54. The second-order valence-corrected chi connectivity index (χ2v) is 6.54. The van der Waals surface area contributed by atoms with Gasteiger partial charge in [-0.2, -0.15) is 0 Å². The number of nitrogens with one attached hydrogen (secondary N) is 2. The molecule has 3 saturated carbocycles. The summed E-state index contributed by atoms with van der Waals surface area (Å²) in [6, 6.07) is 3.98. The fraction of sp³-hybridized carbons (Fsp3) is 0.562. The van der Waals surface area contributed by atoms with E-state index in [0.717, 1.165) is 35.8 Å². The van der Waals surface area contributed by atoms with Crippen LogP contribution in [0.5, 0.6) is 0 Å². The summed E-state index contributed by atoms with van der Waals surface area (Å²) in [6.07, 6.45) is 4.02. The molecule has 21 heavy (non-hydrogen) atoms. The second kappa shape index (κ2) is 4.77. The minimum Gasteiger partial charge on any atom is -0.320 e. The first-order valence-electron chi connectivity index (χ1n) is 7.62. The number of hydrogen-bond donors (Lipinski definition) is 2. The van der Waals surface area contributed by atoms with Crippen LogP contribution in [-0.4, -0.2) is 18.5 Å². The number of rotatable bonds is 4. The van der Waals surface area contributed by atoms with Crippen molar-refractivity contribution in [2.24, 2.45) is 23.7 Å². The van der Waals surface area contributed by atoms with E-state index in [4.69, 9.17) is 0 Å². The number of carbonyl (C=O) groups excluding carboxylic acids is 1. The molecular weight excluding hydrogens is 274 g/mol. The largest absolute Gasteiger partial charge is 0.320 e. The fourth-order valence-corrected chi connectivity index (χ4v) is 4.61. The molecule has 4 atom stereocenters. The Morgan fingerprint density at radius 1 is 1.14 bits per heavy atom. The molecule has 0 heterocycles. The van der Waals surface area contributed by atoms with Gasteiger partial charge in [0.2, 0.25) is 5.91 Å². The van der Waals surface area contributed by atoms with Gasteiger partial charge in [0, 0.05) is 6.04 Å². The lowest BCUT2D eigenvalue weighted by atomic mass is 10.0. The van der Waals surface area contributed by atoms with E-state index in [1.54, 1.807) is 0 Å². The van der Waals surface area contributed by atoms with Crippen molar-refractivity contribution in [2.75, 3.05) is 11.9 Å². The van der Waals surface area contributed by atoms with Gasteiger partial charge in [0.05, 0.1) is 6.54 Å². The Kier molecular flexibility index (Phi) is 2.99. The molecule has 4 unspecified atom stereocenters. The molecule has 3 aliphatic rings.